The van der Waals surface area contributed by atoms with Gasteiger partial charge in [0.15, 0.2) is 5.65 Å². The van der Waals surface area contributed by atoms with Gasteiger partial charge in [-0.3, -0.25) is 9.59 Å². The number of pyridine rings is 1. The molecule has 2 amide bonds. The lowest BCUT2D eigenvalue weighted by molar-refractivity contribution is -0.265. The van der Waals surface area contributed by atoms with Crippen LogP contribution in [0.3, 0.4) is 0 Å². The molecular weight excluding hydrogens is 524 g/mol. The number of nitrogens with one attached hydrogen (secondary N) is 1. The van der Waals surface area contributed by atoms with Crippen LogP contribution in [-0.4, -0.2) is 55.8 Å². The molecule has 0 fully saturated rings. The second kappa shape index (κ2) is 9.01. The fourth-order valence-corrected chi connectivity index (χ4v) is 4.17. The van der Waals surface area contributed by atoms with Crippen molar-refractivity contribution >= 4 is 17.5 Å². The summed E-state index contributed by atoms with van der Waals surface area (Å²) in [7, 11) is 0. The highest BCUT2D eigenvalue weighted by atomic mass is 19.4. The molecule has 10 nitrogen and oxygen atoms in total. The Morgan fingerprint density at radius 1 is 1.21 bits per heavy atom. The average Bonchev–Trinajstić information content (AvgIpc) is 3.51. The molecule has 1 aliphatic heterocycles. The van der Waals surface area contributed by atoms with Crippen molar-refractivity contribution in [1.82, 2.24) is 24.9 Å². The molecule has 14 heteroatoms. The maximum atomic E-state index is 14.5. The van der Waals surface area contributed by atoms with E-state index >= 15 is 0 Å². The van der Waals surface area contributed by atoms with Crippen molar-refractivity contribution in [2.45, 2.75) is 24.1 Å². The van der Waals surface area contributed by atoms with Crippen molar-refractivity contribution in [3.63, 3.8) is 0 Å². The number of nitrogens with zero attached hydrogens (tertiary/aromatic N) is 4. The number of fused-ring (bicyclic) bond motifs is 2. The fraction of sp³-hybridized carbons (Fsp3) is 0.240. The molecule has 1 aromatic carbocycles. The summed E-state index contributed by atoms with van der Waals surface area (Å²) in [6, 6.07) is 8.25. The number of nitrogens with two attached hydrogens (primary N) is 1. The average molecular weight is 544 g/mol. The van der Waals surface area contributed by atoms with Crippen molar-refractivity contribution < 1.29 is 37.0 Å². The number of aromatic nitrogens is 4. The number of ether oxygens (including phenoxy) is 1. The number of rotatable bonds is 6. The van der Waals surface area contributed by atoms with E-state index in [1.54, 1.807) is 0 Å². The molecule has 202 valence electrons. The van der Waals surface area contributed by atoms with Gasteiger partial charge in [-0.05, 0) is 49.4 Å². The molecule has 0 bridgehead atoms. The molecule has 4 N–H and O–H groups in total. The molecule has 0 saturated heterocycles. The fourth-order valence-electron chi connectivity index (χ4n) is 4.17. The number of hydrogen-bond donors (Lipinski definition) is 3. The molecular formula is C25H20F4N6O4. The lowest BCUT2D eigenvalue weighted by Gasteiger charge is -2.31. The number of primary amides is 1. The Balaban J connectivity index is 1.59. The second-order valence-corrected chi connectivity index (χ2v) is 9.21. The van der Waals surface area contributed by atoms with Crippen LogP contribution in [-0.2, 0) is 15.8 Å². The van der Waals surface area contributed by atoms with Gasteiger partial charge in [0.2, 0.25) is 11.5 Å². The van der Waals surface area contributed by atoms with Gasteiger partial charge >= 0.3 is 6.18 Å². The highest BCUT2D eigenvalue weighted by molar-refractivity contribution is 5.92. The zero-order valence-corrected chi connectivity index (χ0v) is 20.2. The van der Waals surface area contributed by atoms with E-state index in [1.165, 1.54) is 48.1 Å². The number of alkyl halides is 3. The number of carbonyl (C=O) groups is 2. The van der Waals surface area contributed by atoms with E-state index < -0.39 is 47.1 Å². The first kappa shape index (κ1) is 26.0. The minimum absolute atomic E-state index is 0.0296. The second-order valence-electron chi connectivity index (χ2n) is 9.21. The van der Waals surface area contributed by atoms with Gasteiger partial charge in [0, 0.05) is 23.5 Å². The van der Waals surface area contributed by atoms with Gasteiger partial charge in [-0.25, -0.2) is 18.9 Å². The zero-order valence-electron chi connectivity index (χ0n) is 20.2. The Hall–Kier alpha value is -4.59. The van der Waals surface area contributed by atoms with Crippen LogP contribution in [0.15, 0.2) is 54.9 Å². The quantitative estimate of drug-likeness (QED) is 0.316. The number of imidazole rings is 1. The van der Waals surface area contributed by atoms with E-state index in [2.05, 4.69) is 20.4 Å². The number of halogens is 4. The highest BCUT2D eigenvalue weighted by Crippen LogP contribution is 2.47. The van der Waals surface area contributed by atoms with Crippen LogP contribution in [0.1, 0.15) is 28.7 Å². The Morgan fingerprint density at radius 2 is 1.92 bits per heavy atom. The minimum Gasteiger partial charge on any atom is -0.489 e. The summed E-state index contributed by atoms with van der Waals surface area (Å²) in [4.78, 5) is 33.0. The monoisotopic (exact) mass is 544 g/mol. The van der Waals surface area contributed by atoms with E-state index in [0.717, 1.165) is 18.2 Å². The Morgan fingerprint density at radius 3 is 2.59 bits per heavy atom. The van der Waals surface area contributed by atoms with Gasteiger partial charge in [-0.15, -0.1) is 0 Å². The Bertz CT molecular complexity index is 1610. The Labute approximate surface area is 217 Å². The lowest BCUT2D eigenvalue weighted by Crippen LogP contribution is -2.52. The molecule has 5 rings (SSSR count). The molecule has 0 radical (unpaired) electrons. The standard InChI is InChI=1S/C25H20F4N6O4/c1-23(22(30)37)12-39-20-15(23)10-17(33-19(20)13-2-4-14(26)5-3-13)24(38,25(27,28)29)11-32-21(36)16-6-7-18-31-8-9-35(18)34-16/h2-10,38H,11-12H2,1H3,(H2,30,37)(H,32,36)/t23-,24-/m0/s1. The van der Waals surface area contributed by atoms with Gasteiger partial charge < -0.3 is 20.9 Å². The summed E-state index contributed by atoms with van der Waals surface area (Å²) in [5.41, 5.74) is -0.514. The number of carbonyl (C=O) groups excluding carboxylic acids is 2. The van der Waals surface area contributed by atoms with Crippen LogP contribution in [0.2, 0.25) is 0 Å². The van der Waals surface area contributed by atoms with Crippen molar-refractivity contribution in [2.75, 3.05) is 13.2 Å². The molecule has 39 heavy (non-hydrogen) atoms. The minimum atomic E-state index is -5.34. The van der Waals surface area contributed by atoms with E-state index in [0.29, 0.717) is 5.65 Å². The third kappa shape index (κ3) is 4.31. The number of hydrogen-bond acceptors (Lipinski definition) is 7. The first-order chi connectivity index (χ1) is 18.3. The molecule has 0 saturated carbocycles. The van der Waals surface area contributed by atoms with Crippen LogP contribution in [0.5, 0.6) is 5.75 Å². The molecule has 0 spiro atoms. The number of aliphatic hydroxyl groups is 1. The first-order valence-electron chi connectivity index (χ1n) is 11.5. The smallest absolute Gasteiger partial charge is 0.424 e. The molecule has 4 heterocycles. The highest BCUT2D eigenvalue weighted by Gasteiger charge is 2.57. The summed E-state index contributed by atoms with van der Waals surface area (Å²) in [6.07, 6.45) is -2.47. The Kier molecular flexibility index (Phi) is 6.01. The van der Waals surface area contributed by atoms with Crippen LogP contribution in [0.4, 0.5) is 17.6 Å². The molecule has 3 aromatic heterocycles. The number of amides is 2. The third-order valence-electron chi connectivity index (χ3n) is 6.62. The number of benzene rings is 1. The van der Waals surface area contributed by atoms with Gasteiger partial charge in [-0.1, -0.05) is 0 Å². The molecule has 4 aromatic rings. The van der Waals surface area contributed by atoms with E-state index in [1.807, 2.05) is 0 Å². The summed E-state index contributed by atoms with van der Waals surface area (Å²) >= 11 is 0. The zero-order chi connectivity index (χ0) is 28.2. The third-order valence-corrected chi connectivity index (χ3v) is 6.62. The van der Waals surface area contributed by atoms with E-state index in [4.69, 9.17) is 10.5 Å². The topological polar surface area (TPSA) is 145 Å². The molecule has 0 aliphatic carbocycles. The normalized spacial score (nSPS) is 18.3. The summed E-state index contributed by atoms with van der Waals surface area (Å²) in [6.45, 7) is -0.256. The molecule has 1 aliphatic rings. The predicted octanol–water partition coefficient (Wildman–Crippen LogP) is 2.25. The summed E-state index contributed by atoms with van der Waals surface area (Å²) in [5.74, 6) is -2.52. The predicted molar refractivity (Wildman–Crippen MR) is 127 cm³/mol. The van der Waals surface area contributed by atoms with E-state index in [9.17, 15) is 32.3 Å². The van der Waals surface area contributed by atoms with Crippen LogP contribution in [0, 0.1) is 5.82 Å². The maximum Gasteiger partial charge on any atom is 0.424 e. The lowest BCUT2D eigenvalue weighted by atomic mass is 9.81. The summed E-state index contributed by atoms with van der Waals surface area (Å²) < 4.78 is 63.8. The maximum absolute atomic E-state index is 14.5. The van der Waals surface area contributed by atoms with E-state index in [-0.39, 0.29) is 34.9 Å². The first-order valence-corrected chi connectivity index (χ1v) is 11.5. The van der Waals surface area contributed by atoms with Crippen LogP contribution >= 0.6 is 0 Å². The van der Waals surface area contributed by atoms with Gasteiger partial charge in [0.1, 0.15) is 35.0 Å². The summed E-state index contributed by atoms with van der Waals surface area (Å²) in [5, 5.41) is 17.1. The van der Waals surface area contributed by atoms with Gasteiger partial charge in [0.25, 0.3) is 5.91 Å². The van der Waals surface area contributed by atoms with Crippen LogP contribution < -0.4 is 15.8 Å². The van der Waals surface area contributed by atoms with Crippen molar-refractivity contribution in [3.8, 4) is 17.0 Å². The van der Waals surface area contributed by atoms with Crippen molar-refractivity contribution in [3.05, 3.63) is 77.6 Å². The van der Waals surface area contributed by atoms with Gasteiger partial charge in [-0.2, -0.15) is 18.3 Å². The largest absolute Gasteiger partial charge is 0.489 e. The van der Waals surface area contributed by atoms with Gasteiger partial charge in [0.05, 0.1) is 12.2 Å². The molecule has 2 atom stereocenters. The van der Waals surface area contributed by atoms with Crippen molar-refractivity contribution in [1.29, 1.82) is 0 Å². The van der Waals surface area contributed by atoms with Crippen molar-refractivity contribution in [2.24, 2.45) is 5.73 Å². The molecule has 0 unspecified atom stereocenters. The van der Waals surface area contributed by atoms with Crippen LogP contribution in [0.25, 0.3) is 16.9 Å². The SMILES string of the molecule is C[C@]1(C(N)=O)COc2c1cc([C@@](O)(CNC(=O)c1ccc3nccn3n1)C(F)(F)F)nc2-c1ccc(F)cc1.